The molecule has 4 heteroatoms. The van der Waals surface area contributed by atoms with E-state index in [-0.39, 0.29) is 6.04 Å². The van der Waals surface area contributed by atoms with Crippen molar-refractivity contribution in [1.82, 2.24) is 4.98 Å². The van der Waals surface area contributed by atoms with E-state index in [0.717, 1.165) is 11.1 Å². The van der Waals surface area contributed by atoms with Crippen molar-refractivity contribution in [1.29, 1.82) is 0 Å². The van der Waals surface area contributed by atoms with Gasteiger partial charge in [0, 0.05) is 5.02 Å². The zero-order chi connectivity index (χ0) is 10.4. The van der Waals surface area contributed by atoms with E-state index in [1.54, 1.807) is 12.1 Å². The van der Waals surface area contributed by atoms with Gasteiger partial charge in [0.05, 0.1) is 6.04 Å². The van der Waals surface area contributed by atoms with Crippen LogP contribution in [0.3, 0.4) is 0 Å². The summed E-state index contributed by atoms with van der Waals surface area (Å²) in [4.78, 5) is 4.36. The van der Waals surface area contributed by atoms with E-state index < -0.39 is 0 Å². The maximum absolute atomic E-state index is 6.01. The molecule has 3 rings (SSSR count). The van der Waals surface area contributed by atoms with E-state index in [0.29, 0.717) is 16.8 Å². The maximum atomic E-state index is 6.01. The molecule has 1 atom stereocenters. The monoisotopic (exact) mass is 222 g/mol. The number of hydrogen-bond acceptors (Lipinski definition) is 3. The lowest BCUT2D eigenvalue weighted by atomic mass is 10.2. The summed E-state index contributed by atoms with van der Waals surface area (Å²) >= 11 is 5.87. The smallest absolute Gasteiger partial charge is 0.212 e. The van der Waals surface area contributed by atoms with Gasteiger partial charge in [-0.2, -0.15) is 0 Å². The van der Waals surface area contributed by atoms with E-state index in [4.69, 9.17) is 21.8 Å². The Hall–Kier alpha value is -1.06. The number of benzene rings is 1. The van der Waals surface area contributed by atoms with Crippen LogP contribution in [0, 0.1) is 5.92 Å². The van der Waals surface area contributed by atoms with Crippen molar-refractivity contribution >= 4 is 22.7 Å². The van der Waals surface area contributed by atoms with Gasteiger partial charge in [0.1, 0.15) is 5.52 Å². The Morgan fingerprint density at radius 3 is 3.00 bits per heavy atom. The number of rotatable bonds is 2. The summed E-state index contributed by atoms with van der Waals surface area (Å²) in [5.41, 5.74) is 7.55. The number of halogens is 1. The predicted octanol–water partition coefficient (Wildman–Crippen LogP) is 2.89. The van der Waals surface area contributed by atoms with Crippen LogP contribution < -0.4 is 5.73 Å². The Bertz CT molecular complexity index is 504. The summed E-state index contributed by atoms with van der Waals surface area (Å²) < 4.78 is 5.59. The molecule has 1 aliphatic rings. The van der Waals surface area contributed by atoms with Crippen molar-refractivity contribution in [2.24, 2.45) is 11.7 Å². The molecule has 1 aliphatic carbocycles. The second-order valence-corrected chi connectivity index (χ2v) is 4.46. The molecule has 78 valence electrons. The van der Waals surface area contributed by atoms with Crippen LogP contribution in [0.2, 0.25) is 5.02 Å². The highest BCUT2D eigenvalue weighted by molar-refractivity contribution is 6.31. The van der Waals surface area contributed by atoms with Crippen LogP contribution in [0.15, 0.2) is 22.6 Å². The molecule has 1 unspecified atom stereocenters. The molecule has 1 saturated carbocycles. The maximum Gasteiger partial charge on any atom is 0.212 e. The molecular formula is C11H11ClN2O. The van der Waals surface area contributed by atoms with Gasteiger partial charge in [-0.05, 0) is 37.0 Å². The van der Waals surface area contributed by atoms with E-state index in [1.807, 2.05) is 6.07 Å². The van der Waals surface area contributed by atoms with E-state index in [2.05, 4.69) is 4.98 Å². The first kappa shape index (κ1) is 9.19. The van der Waals surface area contributed by atoms with Crippen molar-refractivity contribution in [3.63, 3.8) is 0 Å². The molecule has 0 aliphatic heterocycles. The third-order valence-corrected chi connectivity index (χ3v) is 3.02. The summed E-state index contributed by atoms with van der Waals surface area (Å²) in [6.07, 6.45) is 2.36. The molecule has 0 radical (unpaired) electrons. The van der Waals surface area contributed by atoms with Gasteiger partial charge in [-0.1, -0.05) is 11.6 Å². The molecule has 1 aromatic heterocycles. The minimum Gasteiger partial charge on any atom is -0.439 e. The van der Waals surface area contributed by atoms with Crippen LogP contribution in [0.1, 0.15) is 24.8 Å². The highest BCUT2D eigenvalue weighted by Gasteiger charge is 2.32. The highest BCUT2D eigenvalue weighted by atomic mass is 35.5. The predicted molar refractivity (Wildman–Crippen MR) is 58.7 cm³/mol. The minimum absolute atomic E-state index is 0.0591. The molecule has 1 fully saturated rings. The lowest BCUT2D eigenvalue weighted by Crippen LogP contribution is -2.12. The molecule has 0 spiro atoms. The lowest BCUT2D eigenvalue weighted by Gasteiger charge is -2.02. The van der Waals surface area contributed by atoms with Crippen LogP contribution in [0.5, 0.6) is 0 Å². The van der Waals surface area contributed by atoms with Crippen molar-refractivity contribution < 1.29 is 4.42 Å². The molecule has 0 saturated heterocycles. The second-order valence-electron chi connectivity index (χ2n) is 4.03. The SMILES string of the molecule is NC(c1nc2cc(Cl)ccc2o1)C1CC1. The standard InChI is InChI=1S/C11H11ClN2O/c12-7-3-4-9-8(5-7)14-11(15-9)10(13)6-1-2-6/h3-6,10H,1-2,13H2. The number of nitrogens with zero attached hydrogens (tertiary/aromatic N) is 1. The molecule has 2 aromatic rings. The number of oxazole rings is 1. The third kappa shape index (κ3) is 1.62. The topological polar surface area (TPSA) is 52.0 Å². The Labute approximate surface area is 92.2 Å². The molecule has 0 amide bonds. The van der Waals surface area contributed by atoms with Gasteiger partial charge in [0.2, 0.25) is 5.89 Å². The zero-order valence-corrected chi connectivity index (χ0v) is 8.87. The number of hydrogen-bond donors (Lipinski definition) is 1. The first-order chi connectivity index (χ1) is 7.24. The Morgan fingerprint density at radius 2 is 2.27 bits per heavy atom. The van der Waals surface area contributed by atoms with Gasteiger partial charge in [-0.3, -0.25) is 0 Å². The number of nitrogens with two attached hydrogens (primary N) is 1. The Balaban J connectivity index is 2.05. The normalized spacial score (nSPS) is 18.3. The first-order valence-electron chi connectivity index (χ1n) is 5.05. The van der Waals surface area contributed by atoms with Crippen molar-refractivity contribution in [3.05, 3.63) is 29.1 Å². The fourth-order valence-electron chi connectivity index (χ4n) is 1.72. The molecule has 1 heterocycles. The van der Waals surface area contributed by atoms with Crippen molar-refractivity contribution in [3.8, 4) is 0 Å². The van der Waals surface area contributed by atoms with Crippen LogP contribution in [0.25, 0.3) is 11.1 Å². The molecule has 0 bridgehead atoms. The quantitative estimate of drug-likeness (QED) is 0.850. The minimum atomic E-state index is -0.0591. The summed E-state index contributed by atoms with van der Waals surface area (Å²) in [6, 6.07) is 5.36. The number of fused-ring (bicyclic) bond motifs is 1. The number of aromatic nitrogens is 1. The molecule has 3 nitrogen and oxygen atoms in total. The summed E-state index contributed by atoms with van der Waals surface area (Å²) in [6.45, 7) is 0. The fourth-order valence-corrected chi connectivity index (χ4v) is 1.88. The summed E-state index contributed by atoms with van der Waals surface area (Å²) in [7, 11) is 0. The van der Waals surface area contributed by atoms with Crippen LogP contribution in [0.4, 0.5) is 0 Å². The Morgan fingerprint density at radius 1 is 1.47 bits per heavy atom. The average molecular weight is 223 g/mol. The summed E-state index contributed by atoms with van der Waals surface area (Å²) in [5.74, 6) is 1.18. The van der Waals surface area contributed by atoms with Crippen LogP contribution >= 0.6 is 11.6 Å². The van der Waals surface area contributed by atoms with Crippen LogP contribution in [-0.2, 0) is 0 Å². The first-order valence-corrected chi connectivity index (χ1v) is 5.43. The molecule has 15 heavy (non-hydrogen) atoms. The third-order valence-electron chi connectivity index (χ3n) is 2.78. The van der Waals surface area contributed by atoms with E-state index >= 15 is 0 Å². The highest BCUT2D eigenvalue weighted by Crippen LogP contribution is 2.39. The van der Waals surface area contributed by atoms with Gasteiger partial charge in [0.15, 0.2) is 5.58 Å². The van der Waals surface area contributed by atoms with Crippen LogP contribution in [-0.4, -0.2) is 4.98 Å². The second kappa shape index (κ2) is 3.22. The van der Waals surface area contributed by atoms with Gasteiger partial charge in [0.25, 0.3) is 0 Å². The Kier molecular flexibility index (Phi) is 1.97. The zero-order valence-electron chi connectivity index (χ0n) is 8.11. The molecule has 1 aromatic carbocycles. The largest absolute Gasteiger partial charge is 0.439 e. The lowest BCUT2D eigenvalue weighted by molar-refractivity contribution is 0.448. The van der Waals surface area contributed by atoms with Gasteiger partial charge >= 0.3 is 0 Å². The fraction of sp³-hybridized carbons (Fsp3) is 0.364. The van der Waals surface area contributed by atoms with E-state index in [1.165, 1.54) is 12.8 Å². The van der Waals surface area contributed by atoms with Gasteiger partial charge in [-0.25, -0.2) is 4.98 Å². The summed E-state index contributed by atoms with van der Waals surface area (Å²) in [5, 5.41) is 0.669. The van der Waals surface area contributed by atoms with Gasteiger partial charge in [-0.15, -0.1) is 0 Å². The van der Waals surface area contributed by atoms with Crippen molar-refractivity contribution in [2.75, 3.05) is 0 Å². The van der Waals surface area contributed by atoms with Gasteiger partial charge < -0.3 is 10.2 Å². The molecular weight excluding hydrogens is 212 g/mol. The average Bonchev–Trinajstić information content (AvgIpc) is 2.97. The van der Waals surface area contributed by atoms with E-state index in [9.17, 15) is 0 Å². The van der Waals surface area contributed by atoms with Crippen molar-refractivity contribution in [2.45, 2.75) is 18.9 Å². The molecule has 2 N–H and O–H groups in total.